The lowest BCUT2D eigenvalue weighted by Gasteiger charge is -2.10. The van der Waals surface area contributed by atoms with Crippen LogP contribution < -0.4 is 5.32 Å². The number of benzene rings is 1. The van der Waals surface area contributed by atoms with Gasteiger partial charge in [-0.15, -0.1) is 0 Å². The van der Waals surface area contributed by atoms with Crippen molar-refractivity contribution in [2.24, 2.45) is 5.92 Å². The van der Waals surface area contributed by atoms with Gasteiger partial charge < -0.3 is 10.4 Å². The van der Waals surface area contributed by atoms with Crippen LogP contribution in [-0.4, -0.2) is 23.0 Å². The maximum atomic E-state index is 11.8. The summed E-state index contributed by atoms with van der Waals surface area (Å²) in [6.07, 6.45) is 4.74. The lowest BCUT2D eigenvalue weighted by Crippen LogP contribution is -2.31. The summed E-state index contributed by atoms with van der Waals surface area (Å²) in [4.78, 5) is 22.7. The molecule has 0 unspecified atom stereocenters. The summed E-state index contributed by atoms with van der Waals surface area (Å²) >= 11 is 11.9. The number of carbonyl (C=O) groups is 2. The third-order valence-corrected chi connectivity index (χ3v) is 4.36. The first-order chi connectivity index (χ1) is 9.97. The topological polar surface area (TPSA) is 66.4 Å². The van der Waals surface area contributed by atoms with Gasteiger partial charge in [0.25, 0.3) is 0 Å². The second kappa shape index (κ2) is 6.96. The van der Waals surface area contributed by atoms with Gasteiger partial charge in [-0.3, -0.25) is 9.59 Å². The van der Waals surface area contributed by atoms with Crippen LogP contribution in [-0.2, 0) is 9.59 Å². The minimum Gasteiger partial charge on any atom is -0.481 e. The van der Waals surface area contributed by atoms with Crippen LogP contribution in [0.25, 0.3) is 6.08 Å². The van der Waals surface area contributed by atoms with E-state index < -0.39 is 5.97 Å². The maximum Gasteiger partial charge on any atom is 0.306 e. The second-order valence-corrected chi connectivity index (χ2v) is 5.82. The van der Waals surface area contributed by atoms with Crippen LogP contribution >= 0.6 is 23.2 Å². The van der Waals surface area contributed by atoms with Gasteiger partial charge in [-0.05, 0) is 37.0 Å². The van der Waals surface area contributed by atoms with Crippen LogP contribution in [0, 0.1) is 5.92 Å². The largest absolute Gasteiger partial charge is 0.481 e. The summed E-state index contributed by atoms with van der Waals surface area (Å²) in [6, 6.07) is 5.10. The Labute approximate surface area is 132 Å². The number of hydrogen-bond donors (Lipinski definition) is 2. The van der Waals surface area contributed by atoms with E-state index in [1.165, 1.54) is 6.08 Å². The van der Waals surface area contributed by atoms with E-state index in [0.29, 0.717) is 34.9 Å². The Morgan fingerprint density at radius 2 is 2.05 bits per heavy atom. The monoisotopic (exact) mass is 327 g/mol. The van der Waals surface area contributed by atoms with E-state index >= 15 is 0 Å². The van der Waals surface area contributed by atoms with Gasteiger partial charge in [0.1, 0.15) is 0 Å². The van der Waals surface area contributed by atoms with Gasteiger partial charge in [0.05, 0.1) is 16.0 Å². The zero-order valence-electron chi connectivity index (χ0n) is 11.2. The van der Waals surface area contributed by atoms with Crippen molar-refractivity contribution in [2.45, 2.75) is 25.3 Å². The average molecular weight is 328 g/mol. The zero-order chi connectivity index (χ0) is 15.4. The highest BCUT2D eigenvalue weighted by molar-refractivity contribution is 6.42. The van der Waals surface area contributed by atoms with Crippen molar-refractivity contribution in [1.82, 2.24) is 5.32 Å². The van der Waals surface area contributed by atoms with Gasteiger partial charge in [0.15, 0.2) is 0 Å². The molecule has 4 nitrogen and oxygen atoms in total. The molecule has 1 aromatic carbocycles. The molecular weight excluding hydrogens is 313 g/mol. The van der Waals surface area contributed by atoms with Crippen LogP contribution in [0.15, 0.2) is 24.3 Å². The van der Waals surface area contributed by atoms with Crippen molar-refractivity contribution in [3.8, 4) is 0 Å². The van der Waals surface area contributed by atoms with E-state index in [-0.39, 0.29) is 17.9 Å². The standard InChI is InChI=1S/C15H15Cl2NO3/c16-12-3-1-2-9(14(12)17)5-7-13(19)18-11-6-4-10(8-11)15(20)21/h1-3,5,7,10-11H,4,6,8H2,(H,18,19)(H,20,21)/b7-5+/t10-,11+/m1/s1. The van der Waals surface area contributed by atoms with E-state index in [0.717, 1.165) is 0 Å². The highest BCUT2D eigenvalue weighted by atomic mass is 35.5. The normalized spacial score (nSPS) is 21.6. The fourth-order valence-corrected chi connectivity index (χ4v) is 2.77. The molecule has 0 aliphatic heterocycles. The Bertz CT molecular complexity index is 586. The highest BCUT2D eigenvalue weighted by Gasteiger charge is 2.30. The highest BCUT2D eigenvalue weighted by Crippen LogP contribution is 2.27. The number of carboxylic acid groups (broad SMARTS) is 1. The van der Waals surface area contributed by atoms with Gasteiger partial charge in [-0.2, -0.15) is 0 Å². The van der Waals surface area contributed by atoms with Crippen molar-refractivity contribution in [1.29, 1.82) is 0 Å². The zero-order valence-corrected chi connectivity index (χ0v) is 12.7. The summed E-state index contributed by atoms with van der Waals surface area (Å²) < 4.78 is 0. The Morgan fingerprint density at radius 3 is 2.71 bits per heavy atom. The third kappa shape index (κ3) is 4.22. The first kappa shape index (κ1) is 15.9. The summed E-state index contributed by atoms with van der Waals surface area (Å²) in [5, 5.41) is 12.6. The maximum absolute atomic E-state index is 11.8. The summed E-state index contributed by atoms with van der Waals surface area (Å²) in [5.41, 5.74) is 0.661. The van der Waals surface area contributed by atoms with Crippen molar-refractivity contribution >= 4 is 41.2 Å². The molecule has 6 heteroatoms. The molecule has 21 heavy (non-hydrogen) atoms. The molecular formula is C15H15Cl2NO3. The Balaban J connectivity index is 1.92. The summed E-state index contributed by atoms with van der Waals surface area (Å²) in [6.45, 7) is 0. The predicted octanol–water partition coefficient (Wildman–Crippen LogP) is 3.38. The summed E-state index contributed by atoms with van der Waals surface area (Å²) in [7, 11) is 0. The van der Waals surface area contributed by atoms with Gasteiger partial charge in [0.2, 0.25) is 5.91 Å². The van der Waals surface area contributed by atoms with Crippen LogP contribution in [0.3, 0.4) is 0 Å². The first-order valence-electron chi connectivity index (χ1n) is 6.62. The molecule has 1 amide bonds. The molecule has 0 bridgehead atoms. The van der Waals surface area contributed by atoms with Crippen molar-refractivity contribution < 1.29 is 14.7 Å². The molecule has 2 N–H and O–H groups in total. The van der Waals surface area contributed by atoms with Gasteiger partial charge in [-0.1, -0.05) is 35.3 Å². The van der Waals surface area contributed by atoms with Gasteiger partial charge >= 0.3 is 5.97 Å². The molecule has 112 valence electrons. The third-order valence-electron chi connectivity index (χ3n) is 3.52. The Kier molecular flexibility index (Phi) is 5.26. The fourth-order valence-electron chi connectivity index (χ4n) is 2.40. The Morgan fingerprint density at radius 1 is 1.29 bits per heavy atom. The van der Waals surface area contributed by atoms with E-state index in [4.69, 9.17) is 28.3 Å². The molecule has 1 fully saturated rings. The smallest absolute Gasteiger partial charge is 0.306 e. The van der Waals surface area contributed by atoms with Crippen molar-refractivity contribution in [3.63, 3.8) is 0 Å². The minimum atomic E-state index is -0.798. The molecule has 0 saturated heterocycles. The number of carboxylic acids is 1. The van der Waals surface area contributed by atoms with E-state index in [1.807, 2.05) is 0 Å². The number of aliphatic carboxylic acids is 1. The SMILES string of the molecule is O=C(/C=C/c1cccc(Cl)c1Cl)N[C@H]1CC[C@@H](C(=O)O)C1. The lowest BCUT2D eigenvalue weighted by atomic mass is 10.1. The van der Waals surface area contributed by atoms with Gasteiger partial charge in [-0.25, -0.2) is 0 Å². The predicted molar refractivity (Wildman–Crippen MR) is 82.4 cm³/mol. The molecule has 0 heterocycles. The number of nitrogens with one attached hydrogen (secondary N) is 1. The van der Waals surface area contributed by atoms with Crippen LogP contribution in [0.2, 0.25) is 10.0 Å². The van der Waals surface area contributed by atoms with Crippen molar-refractivity contribution in [3.05, 3.63) is 39.9 Å². The minimum absolute atomic E-state index is 0.0851. The first-order valence-corrected chi connectivity index (χ1v) is 7.38. The molecule has 1 saturated carbocycles. The number of halogens is 2. The number of carbonyl (C=O) groups excluding carboxylic acids is 1. The molecule has 1 aliphatic rings. The number of rotatable bonds is 4. The van der Waals surface area contributed by atoms with E-state index in [9.17, 15) is 9.59 Å². The Hall–Kier alpha value is -1.52. The molecule has 2 rings (SSSR count). The molecule has 1 aliphatic carbocycles. The number of hydrogen-bond acceptors (Lipinski definition) is 2. The molecule has 2 atom stereocenters. The quantitative estimate of drug-likeness (QED) is 0.833. The molecule has 0 spiro atoms. The van der Waals surface area contributed by atoms with Crippen LogP contribution in [0.1, 0.15) is 24.8 Å². The molecule has 1 aromatic rings. The van der Waals surface area contributed by atoms with Crippen LogP contribution in [0.4, 0.5) is 0 Å². The average Bonchev–Trinajstić information content (AvgIpc) is 2.89. The second-order valence-electron chi connectivity index (χ2n) is 5.03. The lowest BCUT2D eigenvalue weighted by molar-refractivity contribution is -0.141. The van der Waals surface area contributed by atoms with E-state index in [1.54, 1.807) is 24.3 Å². The molecule has 0 aromatic heterocycles. The summed E-state index contributed by atoms with van der Waals surface area (Å²) in [5.74, 6) is -1.42. The number of amides is 1. The van der Waals surface area contributed by atoms with Crippen LogP contribution in [0.5, 0.6) is 0 Å². The fraction of sp³-hybridized carbons (Fsp3) is 0.333. The van der Waals surface area contributed by atoms with Crippen molar-refractivity contribution in [2.75, 3.05) is 0 Å². The van der Waals surface area contributed by atoms with Gasteiger partial charge in [0, 0.05) is 12.1 Å². The van der Waals surface area contributed by atoms with E-state index in [2.05, 4.69) is 5.32 Å². The molecule has 0 radical (unpaired) electrons.